The Labute approximate surface area is 122 Å². The van der Waals surface area contributed by atoms with Gasteiger partial charge in [-0.3, -0.25) is 4.57 Å². The molecule has 0 aliphatic rings. The second-order valence-corrected chi connectivity index (χ2v) is 5.03. The number of hydrogen-bond acceptors (Lipinski definition) is 2. The number of rotatable bonds is 3. The van der Waals surface area contributed by atoms with E-state index in [9.17, 15) is 9.90 Å². The molecule has 106 valence electrons. The van der Waals surface area contributed by atoms with E-state index in [-0.39, 0.29) is 5.56 Å². The molecular weight excluding hydrogens is 264 g/mol. The van der Waals surface area contributed by atoms with Crippen LogP contribution in [0.15, 0.2) is 42.5 Å². The van der Waals surface area contributed by atoms with Gasteiger partial charge in [-0.2, -0.15) is 0 Å². The zero-order valence-corrected chi connectivity index (χ0v) is 12.0. The summed E-state index contributed by atoms with van der Waals surface area (Å²) in [6.45, 7) is 4.06. The van der Waals surface area contributed by atoms with E-state index in [0.717, 1.165) is 23.4 Å². The van der Waals surface area contributed by atoms with Crippen molar-refractivity contribution in [3.8, 4) is 5.69 Å². The first-order valence-electron chi connectivity index (χ1n) is 6.92. The molecule has 0 amide bonds. The smallest absolute Gasteiger partial charge is 0.337 e. The number of carbonyl (C=O) groups is 1. The van der Waals surface area contributed by atoms with E-state index in [4.69, 9.17) is 0 Å². The molecule has 2 aromatic carbocycles. The van der Waals surface area contributed by atoms with Crippen LogP contribution in [0.2, 0.25) is 0 Å². The topological polar surface area (TPSA) is 55.1 Å². The number of fused-ring (bicyclic) bond motifs is 1. The molecule has 1 heterocycles. The maximum atomic E-state index is 11.4. The van der Waals surface area contributed by atoms with Crippen LogP contribution in [0.4, 0.5) is 0 Å². The van der Waals surface area contributed by atoms with Crippen molar-refractivity contribution in [3.05, 3.63) is 59.4 Å². The summed E-state index contributed by atoms with van der Waals surface area (Å²) >= 11 is 0. The Hall–Kier alpha value is -2.62. The molecule has 1 aromatic heterocycles. The molecule has 4 heteroatoms. The fraction of sp³-hybridized carbons (Fsp3) is 0.176. The number of hydrogen-bond donors (Lipinski definition) is 1. The number of nitrogens with zero attached hydrogens (tertiary/aromatic N) is 2. The summed E-state index contributed by atoms with van der Waals surface area (Å²) in [4.78, 5) is 15.9. The van der Waals surface area contributed by atoms with Crippen molar-refractivity contribution in [2.24, 2.45) is 0 Å². The van der Waals surface area contributed by atoms with Crippen molar-refractivity contribution in [1.29, 1.82) is 0 Å². The van der Waals surface area contributed by atoms with Gasteiger partial charge in [0.15, 0.2) is 0 Å². The summed E-state index contributed by atoms with van der Waals surface area (Å²) in [7, 11) is 0. The Balaban J connectivity index is 2.33. The van der Waals surface area contributed by atoms with E-state index >= 15 is 0 Å². The third-order valence-electron chi connectivity index (χ3n) is 3.59. The Morgan fingerprint density at radius 2 is 1.90 bits per heavy atom. The van der Waals surface area contributed by atoms with Crippen LogP contribution >= 0.6 is 0 Å². The fourth-order valence-corrected chi connectivity index (χ4v) is 2.54. The number of benzene rings is 2. The maximum Gasteiger partial charge on any atom is 0.337 e. The minimum atomic E-state index is -0.947. The lowest BCUT2D eigenvalue weighted by molar-refractivity contribution is 0.0699. The molecule has 0 spiro atoms. The van der Waals surface area contributed by atoms with Gasteiger partial charge in [0, 0.05) is 12.1 Å². The number of para-hydroxylation sites is 1. The fourth-order valence-electron chi connectivity index (χ4n) is 2.54. The standard InChI is InChI=1S/C17H16N2O2/c1-3-15-18-16-13(17(20)21)5-4-6-14(16)19(15)12-9-7-11(2)8-10-12/h4-10H,3H2,1-2H3,(H,20,21). The second-order valence-electron chi connectivity index (χ2n) is 5.03. The molecule has 0 saturated carbocycles. The van der Waals surface area contributed by atoms with E-state index in [1.165, 1.54) is 5.56 Å². The monoisotopic (exact) mass is 280 g/mol. The highest BCUT2D eigenvalue weighted by molar-refractivity contribution is 6.01. The van der Waals surface area contributed by atoms with Crippen LogP contribution in [0.3, 0.4) is 0 Å². The molecule has 0 saturated heterocycles. The zero-order valence-electron chi connectivity index (χ0n) is 12.0. The number of aromatic nitrogens is 2. The van der Waals surface area contributed by atoms with Crippen LogP contribution in [0.1, 0.15) is 28.7 Å². The Bertz CT molecular complexity index is 817. The van der Waals surface area contributed by atoms with E-state index in [2.05, 4.69) is 4.98 Å². The van der Waals surface area contributed by atoms with E-state index in [1.54, 1.807) is 12.1 Å². The highest BCUT2D eigenvalue weighted by Crippen LogP contribution is 2.25. The molecule has 0 bridgehead atoms. The van der Waals surface area contributed by atoms with Gasteiger partial charge in [-0.1, -0.05) is 30.7 Å². The minimum Gasteiger partial charge on any atom is -0.478 e. The zero-order chi connectivity index (χ0) is 15.0. The average Bonchev–Trinajstić information content (AvgIpc) is 2.86. The van der Waals surface area contributed by atoms with Crippen molar-refractivity contribution in [2.75, 3.05) is 0 Å². The van der Waals surface area contributed by atoms with Crippen molar-refractivity contribution in [1.82, 2.24) is 9.55 Å². The summed E-state index contributed by atoms with van der Waals surface area (Å²) in [6, 6.07) is 13.4. The van der Waals surface area contributed by atoms with Crippen LogP contribution in [-0.4, -0.2) is 20.6 Å². The molecular formula is C17H16N2O2. The first-order valence-corrected chi connectivity index (χ1v) is 6.92. The van der Waals surface area contributed by atoms with Crippen LogP contribution in [0.25, 0.3) is 16.7 Å². The average molecular weight is 280 g/mol. The van der Waals surface area contributed by atoms with E-state index in [1.807, 2.05) is 48.7 Å². The van der Waals surface area contributed by atoms with Crippen molar-refractivity contribution < 1.29 is 9.90 Å². The second kappa shape index (κ2) is 5.05. The summed E-state index contributed by atoms with van der Waals surface area (Å²) in [5, 5.41) is 9.31. The quantitative estimate of drug-likeness (QED) is 0.797. The Kier molecular flexibility index (Phi) is 3.22. The Morgan fingerprint density at radius 3 is 2.52 bits per heavy atom. The molecule has 21 heavy (non-hydrogen) atoms. The Morgan fingerprint density at radius 1 is 1.19 bits per heavy atom. The van der Waals surface area contributed by atoms with Gasteiger partial charge < -0.3 is 5.11 Å². The molecule has 0 radical (unpaired) electrons. The van der Waals surface area contributed by atoms with Crippen molar-refractivity contribution in [3.63, 3.8) is 0 Å². The van der Waals surface area contributed by atoms with Crippen molar-refractivity contribution >= 4 is 17.0 Å². The normalized spacial score (nSPS) is 11.0. The number of aromatic carboxylic acids is 1. The third kappa shape index (κ3) is 2.18. The highest BCUT2D eigenvalue weighted by atomic mass is 16.4. The molecule has 0 aliphatic heterocycles. The van der Waals surface area contributed by atoms with Gasteiger partial charge in [0.25, 0.3) is 0 Å². The molecule has 0 fully saturated rings. The lowest BCUT2D eigenvalue weighted by atomic mass is 10.2. The molecule has 0 atom stereocenters. The van der Waals surface area contributed by atoms with Crippen LogP contribution < -0.4 is 0 Å². The lowest BCUT2D eigenvalue weighted by Gasteiger charge is -2.08. The minimum absolute atomic E-state index is 0.244. The predicted octanol–water partition coefficient (Wildman–Crippen LogP) is 3.59. The number of carboxylic acid groups (broad SMARTS) is 1. The molecule has 0 unspecified atom stereocenters. The van der Waals surface area contributed by atoms with Crippen LogP contribution in [0, 0.1) is 6.92 Å². The SMILES string of the molecule is CCc1nc2c(C(=O)O)cccc2n1-c1ccc(C)cc1. The van der Waals surface area contributed by atoms with Crippen LogP contribution in [0.5, 0.6) is 0 Å². The van der Waals surface area contributed by atoms with Gasteiger partial charge in [-0.25, -0.2) is 9.78 Å². The van der Waals surface area contributed by atoms with Gasteiger partial charge in [0.2, 0.25) is 0 Å². The summed E-state index contributed by atoms with van der Waals surface area (Å²) in [5.74, 6) is -0.0839. The molecule has 3 rings (SSSR count). The van der Waals surface area contributed by atoms with E-state index < -0.39 is 5.97 Å². The van der Waals surface area contributed by atoms with Gasteiger partial charge in [0.1, 0.15) is 11.3 Å². The largest absolute Gasteiger partial charge is 0.478 e. The van der Waals surface area contributed by atoms with Gasteiger partial charge in [-0.15, -0.1) is 0 Å². The third-order valence-corrected chi connectivity index (χ3v) is 3.59. The molecule has 0 aliphatic carbocycles. The molecule has 1 N–H and O–H groups in total. The summed E-state index contributed by atoms with van der Waals surface area (Å²) in [5.41, 5.74) is 3.81. The highest BCUT2D eigenvalue weighted by Gasteiger charge is 2.16. The first-order chi connectivity index (χ1) is 10.1. The number of carboxylic acids is 1. The molecule has 4 nitrogen and oxygen atoms in total. The predicted molar refractivity (Wildman–Crippen MR) is 82.1 cm³/mol. The molecule has 3 aromatic rings. The van der Waals surface area contributed by atoms with Gasteiger partial charge in [0.05, 0.1) is 11.1 Å². The van der Waals surface area contributed by atoms with Gasteiger partial charge in [-0.05, 0) is 31.2 Å². The summed E-state index contributed by atoms with van der Waals surface area (Å²) < 4.78 is 2.03. The van der Waals surface area contributed by atoms with Gasteiger partial charge >= 0.3 is 5.97 Å². The summed E-state index contributed by atoms with van der Waals surface area (Å²) in [6.07, 6.45) is 0.738. The van der Waals surface area contributed by atoms with Crippen molar-refractivity contribution in [2.45, 2.75) is 20.3 Å². The first kappa shape index (κ1) is 13.4. The van der Waals surface area contributed by atoms with Crippen LogP contribution in [-0.2, 0) is 6.42 Å². The maximum absolute atomic E-state index is 11.4. The lowest BCUT2D eigenvalue weighted by Crippen LogP contribution is -2.00. The number of imidazole rings is 1. The van der Waals surface area contributed by atoms with E-state index in [0.29, 0.717) is 5.52 Å². The number of aryl methyl sites for hydroxylation is 2.